The predicted octanol–water partition coefficient (Wildman–Crippen LogP) is 1.62. The van der Waals surface area contributed by atoms with E-state index in [1.807, 2.05) is 20.8 Å². The number of piperidine rings is 1. The Bertz CT molecular complexity index is 318. The van der Waals surface area contributed by atoms with Crippen LogP contribution in [0.3, 0.4) is 0 Å². The second-order valence-electron chi connectivity index (χ2n) is 5.66. The molecule has 0 spiro atoms. The average molecular weight is 270 g/mol. The Morgan fingerprint density at radius 1 is 1.32 bits per heavy atom. The lowest BCUT2D eigenvalue weighted by Gasteiger charge is -2.39. The topological polar surface area (TPSA) is 69.6 Å². The van der Waals surface area contributed by atoms with Crippen molar-refractivity contribution in [3.8, 4) is 0 Å². The third-order valence-corrected chi connectivity index (χ3v) is 3.67. The summed E-state index contributed by atoms with van der Waals surface area (Å²) in [5.74, 6) is -0.720. The normalized spacial score (nSPS) is 22.2. The zero-order chi connectivity index (χ0) is 14.4. The number of carbonyl (C=O) groups is 2. The van der Waals surface area contributed by atoms with E-state index in [0.717, 1.165) is 25.8 Å². The molecule has 1 rings (SSSR count). The minimum absolute atomic E-state index is 0.0391. The Morgan fingerprint density at radius 2 is 2.00 bits per heavy atom. The molecule has 5 nitrogen and oxygen atoms in total. The van der Waals surface area contributed by atoms with Gasteiger partial charge in [0.25, 0.3) is 0 Å². The number of aliphatic carboxylic acids is 1. The van der Waals surface area contributed by atoms with E-state index in [9.17, 15) is 9.59 Å². The summed E-state index contributed by atoms with van der Waals surface area (Å²) in [6, 6.07) is 0.177. The lowest BCUT2D eigenvalue weighted by atomic mass is 9.96. The van der Waals surface area contributed by atoms with Crippen LogP contribution in [0.5, 0.6) is 0 Å². The lowest BCUT2D eigenvalue weighted by Crippen LogP contribution is -2.52. The van der Waals surface area contributed by atoms with Crippen molar-refractivity contribution in [2.24, 2.45) is 0 Å². The number of carboxylic acid groups (broad SMARTS) is 1. The first-order valence-corrected chi connectivity index (χ1v) is 7.19. The molecule has 0 saturated carbocycles. The Kier molecular flexibility index (Phi) is 6.28. The van der Waals surface area contributed by atoms with E-state index < -0.39 is 5.97 Å². The van der Waals surface area contributed by atoms with Crippen molar-refractivity contribution in [2.75, 3.05) is 6.54 Å². The number of nitrogens with one attached hydrogen (secondary N) is 1. The first-order chi connectivity index (χ1) is 8.91. The van der Waals surface area contributed by atoms with Crippen LogP contribution < -0.4 is 5.32 Å². The monoisotopic (exact) mass is 270 g/mol. The number of carbonyl (C=O) groups excluding carboxylic acids is 1. The van der Waals surface area contributed by atoms with Crippen LogP contribution in [0.15, 0.2) is 0 Å². The fourth-order valence-corrected chi connectivity index (χ4v) is 2.69. The van der Waals surface area contributed by atoms with Crippen molar-refractivity contribution in [3.63, 3.8) is 0 Å². The molecule has 1 saturated heterocycles. The van der Waals surface area contributed by atoms with Crippen molar-refractivity contribution < 1.29 is 14.7 Å². The van der Waals surface area contributed by atoms with E-state index >= 15 is 0 Å². The van der Waals surface area contributed by atoms with Gasteiger partial charge in [0.15, 0.2) is 0 Å². The Hall–Kier alpha value is -1.10. The van der Waals surface area contributed by atoms with Crippen LogP contribution in [0.4, 0.5) is 0 Å². The van der Waals surface area contributed by atoms with Gasteiger partial charge in [0.05, 0.1) is 6.04 Å². The maximum Gasteiger partial charge on any atom is 0.303 e. The first-order valence-electron chi connectivity index (χ1n) is 7.19. The second kappa shape index (κ2) is 7.48. The SMILES string of the molecule is CC(C)NC(=O)C(C)N1CCCCC1CCC(=O)O. The molecule has 1 aliphatic rings. The summed E-state index contributed by atoms with van der Waals surface area (Å²) in [5, 5.41) is 11.7. The van der Waals surface area contributed by atoms with Gasteiger partial charge in [0.2, 0.25) is 5.91 Å². The highest BCUT2D eigenvalue weighted by Crippen LogP contribution is 2.23. The number of carboxylic acids is 1. The summed E-state index contributed by atoms with van der Waals surface area (Å²) in [5.41, 5.74) is 0. The van der Waals surface area contributed by atoms with E-state index in [4.69, 9.17) is 5.11 Å². The summed E-state index contributed by atoms with van der Waals surface area (Å²) in [7, 11) is 0. The summed E-state index contributed by atoms with van der Waals surface area (Å²) < 4.78 is 0. The van der Waals surface area contributed by atoms with Gasteiger partial charge in [0.1, 0.15) is 0 Å². The van der Waals surface area contributed by atoms with Gasteiger partial charge in [-0.2, -0.15) is 0 Å². The van der Waals surface area contributed by atoms with Crippen molar-refractivity contribution in [1.82, 2.24) is 10.2 Å². The number of amides is 1. The number of rotatable bonds is 6. The third-order valence-electron chi connectivity index (χ3n) is 3.67. The highest BCUT2D eigenvalue weighted by Gasteiger charge is 2.30. The van der Waals surface area contributed by atoms with Crippen LogP contribution in [0.1, 0.15) is 52.9 Å². The van der Waals surface area contributed by atoms with Crippen LogP contribution in [-0.4, -0.2) is 46.6 Å². The fourth-order valence-electron chi connectivity index (χ4n) is 2.69. The zero-order valence-corrected chi connectivity index (χ0v) is 12.2. The van der Waals surface area contributed by atoms with Gasteiger partial charge >= 0.3 is 5.97 Å². The van der Waals surface area contributed by atoms with Gasteiger partial charge < -0.3 is 10.4 Å². The lowest BCUT2D eigenvalue weighted by molar-refractivity contribution is -0.137. The Morgan fingerprint density at radius 3 is 2.58 bits per heavy atom. The number of likely N-dealkylation sites (tertiary alicyclic amines) is 1. The smallest absolute Gasteiger partial charge is 0.303 e. The molecule has 2 atom stereocenters. The van der Waals surface area contributed by atoms with Crippen molar-refractivity contribution >= 4 is 11.9 Å². The average Bonchev–Trinajstić information content (AvgIpc) is 2.35. The van der Waals surface area contributed by atoms with Crippen LogP contribution >= 0.6 is 0 Å². The molecule has 0 aliphatic carbocycles. The maximum absolute atomic E-state index is 12.1. The molecule has 0 aromatic rings. The standard InChI is InChI=1S/C14H26N2O3/c1-10(2)15-14(19)11(3)16-9-5-4-6-12(16)7-8-13(17)18/h10-12H,4-9H2,1-3H3,(H,15,19)(H,17,18). The molecular formula is C14H26N2O3. The molecule has 1 heterocycles. The van der Waals surface area contributed by atoms with E-state index in [1.54, 1.807) is 0 Å². The summed E-state index contributed by atoms with van der Waals surface area (Å²) >= 11 is 0. The third kappa shape index (κ3) is 5.19. The van der Waals surface area contributed by atoms with Crippen LogP contribution in [-0.2, 0) is 9.59 Å². The molecule has 19 heavy (non-hydrogen) atoms. The number of nitrogens with zero attached hydrogens (tertiary/aromatic N) is 1. The molecule has 1 amide bonds. The van der Waals surface area contributed by atoms with E-state index in [1.165, 1.54) is 0 Å². The van der Waals surface area contributed by atoms with Crippen molar-refractivity contribution in [2.45, 2.75) is 71.0 Å². The van der Waals surface area contributed by atoms with Crippen LogP contribution in [0.25, 0.3) is 0 Å². The highest BCUT2D eigenvalue weighted by atomic mass is 16.4. The van der Waals surface area contributed by atoms with Crippen molar-refractivity contribution in [1.29, 1.82) is 0 Å². The molecule has 0 bridgehead atoms. The maximum atomic E-state index is 12.1. The van der Waals surface area contributed by atoms with Gasteiger partial charge in [0, 0.05) is 18.5 Å². The zero-order valence-electron chi connectivity index (χ0n) is 12.2. The van der Waals surface area contributed by atoms with Gasteiger partial charge in [-0.1, -0.05) is 6.42 Å². The summed E-state index contributed by atoms with van der Waals surface area (Å²) in [4.78, 5) is 24.9. The largest absolute Gasteiger partial charge is 0.481 e. The molecule has 0 aromatic carbocycles. The van der Waals surface area contributed by atoms with E-state index in [0.29, 0.717) is 6.42 Å². The fraction of sp³-hybridized carbons (Fsp3) is 0.857. The molecule has 5 heteroatoms. The molecule has 0 radical (unpaired) electrons. The summed E-state index contributed by atoms with van der Waals surface area (Å²) in [6.07, 6.45) is 4.02. The predicted molar refractivity (Wildman–Crippen MR) is 74.0 cm³/mol. The highest BCUT2D eigenvalue weighted by molar-refractivity contribution is 5.81. The number of hydrogen-bond acceptors (Lipinski definition) is 3. The van der Waals surface area contributed by atoms with E-state index in [2.05, 4.69) is 10.2 Å². The van der Waals surface area contributed by atoms with Gasteiger partial charge in [-0.25, -0.2) is 0 Å². The van der Waals surface area contributed by atoms with Crippen LogP contribution in [0.2, 0.25) is 0 Å². The van der Waals surface area contributed by atoms with Crippen molar-refractivity contribution in [3.05, 3.63) is 0 Å². The molecular weight excluding hydrogens is 244 g/mol. The Balaban J connectivity index is 2.59. The minimum Gasteiger partial charge on any atom is -0.481 e. The molecule has 1 aliphatic heterocycles. The first kappa shape index (κ1) is 16.0. The van der Waals surface area contributed by atoms with Crippen LogP contribution in [0, 0.1) is 0 Å². The Labute approximate surface area is 115 Å². The molecule has 2 N–H and O–H groups in total. The molecule has 1 fully saturated rings. The molecule has 0 aromatic heterocycles. The quantitative estimate of drug-likeness (QED) is 0.769. The molecule has 2 unspecified atom stereocenters. The van der Waals surface area contributed by atoms with Gasteiger partial charge in [-0.05, 0) is 46.6 Å². The van der Waals surface area contributed by atoms with Gasteiger partial charge in [-0.3, -0.25) is 14.5 Å². The molecule has 110 valence electrons. The van der Waals surface area contributed by atoms with Gasteiger partial charge in [-0.15, -0.1) is 0 Å². The summed E-state index contributed by atoms with van der Waals surface area (Å²) in [6.45, 7) is 6.69. The number of hydrogen-bond donors (Lipinski definition) is 2. The minimum atomic E-state index is -0.759. The second-order valence-corrected chi connectivity index (χ2v) is 5.66. The van der Waals surface area contributed by atoms with E-state index in [-0.39, 0.29) is 30.5 Å².